The molecule has 1 aromatic carbocycles. The van der Waals surface area contributed by atoms with Crippen LogP contribution in [-0.4, -0.2) is 35.7 Å². The van der Waals surface area contributed by atoms with Crippen molar-refractivity contribution < 1.29 is 19.4 Å². The van der Waals surface area contributed by atoms with Gasteiger partial charge in [-0.1, -0.05) is 31.5 Å². The number of benzene rings is 1. The molecular formula is C15H18ClNO4. The maximum Gasteiger partial charge on any atom is 0.331 e. The van der Waals surface area contributed by atoms with Gasteiger partial charge in [0.15, 0.2) is 5.54 Å². The smallest absolute Gasteiger partial charge is 0.331 e. The molecule has 1 atom stereocenters. The monoisotopic (exact) mass is 311 g/mol. The third kappa shape index (κ3) is 3.19. The summed E-state index contributed by atoms with van der Waals surface area (Å²) in [4.78, 5) is 23.6. The highest BCUT2D eigenvalue weighted by Crippen LogP contribution is 2.26. The predicted octanol–water partition coefficient (Wildman–Crippen LogP) is 2.44. The van der Waals surface area contributed by atoms with Crippen LogP contribution < -0.4 is 5.32 Å². The van der Waals surface area contributed by atoms with Gasteiger partial charge in [0.05, 0.1) is 6.61 Å². The Labute approximate surface area is 128 Å². The molecule has 0 saturated carbocycles. The van der Waals surface area contributed by atoms with Gasteiger partial charge in [-0.3, -0.25) is 4.79 Å². The van der Waals surface area contributed by atoms with Crippen molar-refractivity contribution in [3.05, 3.63) is 34.3 Å². The van der Waals surface area contributed by atoms with Crippen LogP contribution in [0.5, 0.6) is 0 Å². The van der Waals surface area contributed by atoms with Gasteiger partial charge in [-0.25, -0.2) is 4.79 Å². The van der Waals surface area contributed by atoms with Crippen molar-refractivity contribution in [2.24, 2.45) is 0 Å². The lowest BCUT2D eigenvalue weighted by Gasteiger charge is -2.23. The first-order valence-electron chi connectivity index (χ1n) is 6.79. The van der Waals surface area contributed by atoms with E-state index in [1.165, 1.54) is 0 Å². The van der Waals surface area contributed by atoms with Gasteiger partial charge in [0, 0.05) is 23.6 Å². The number of hydrogen-bond donors (Lipinski definition) is 2. The first-order chi connectivity index (χ1) is 9.85. The van der Waals surface area contributed by atoms with Crippen LogP contribution in [0, 0.1) is 0 Å². The van der Waals surface area contributed by atoms with Gasteiger partial charge in [-0.15, -0.1) is 0 Å². The average molecular weight is 312 g/mol. The molecule has 1 aliphatic heterocycles. The molecule has 0 radical (unpaired) electrons. The minimum Gasteiger partial charge on any atom is -0.479 e. The number of rotatable bonds is 4. The molecule has 21 heavy (non-hydrogen) atoms. The minimum absolute atomic E-state index is 0.0219. The van der Waals surface area contributed by atoms with Crippen molar-refractivity contribution >= 4 is 23.5 Å². The van der Waals surface area contributed by atoms with Crippen molar-refractivity contribution in [3.63, 3.8) is 0 Å². The summed E-state index contributed by atoms with van der Waals surface area (Å²) < 4.78 is 5.11. The average Bonchev–Trinajstić information content (AvgIpc) is 2.88. The van der Waals surface area contributed by atoms with E-state index in [1.807, 2.05) is 13.8 Å². The lowest BCUT2D eigenvalue weighted by Crippen LogP contribution is -2.55. The Balaban J connectivity index is 2.20. The van der Waals surface area contributed by atoms with Gasteiger partial charge in [0.1, 0.15) is 0 Å². The molecule has 1 saturated heterocycles. The lowest BCUT2D eigenvalue weighted by atomic mass is 9.97. The van der Waals surface area contributed by atoms with Gasteiger partial charge in [0.2, 0.25) is 0 Å². The molecule has 1 aliphatic rings. The van der Waals surface area contributed by atoms with Gasteiger partial charge in [0.25, 0.3) is 5.91 Å². The Morgan fingerprint density at radius 1 is 1.43 bits per heavy atom. The van der Waals surface area contributed by atoms with Crippen LogP contribution in [0.4, 0.5) is 0 Å². The van der Waals surface area contributed by atoms with Crippen molar-refractivity contribution in [1.82, 2.24) is 5.32 Å². The second-order valence-corrected chi connectivity index (χ2v) is 5.94. The van der Waals surface area contributed by atoms with E-state index in [0.29, 0.717) is 17.2 Å². The van der Waals surface area contributed by atoms with Crippen LogP contribution in [0.2, 0.25) is 5.02 Å². The molecule has 0 aromatic heterocycles. The number of hydrogen-bond acceptors (Lipinski definition) is 3. The van der Waals surface area contributed by atoms with Crippen molar-refractivity contribution in [2.75, 3.05) is 13.2 Å². The summed E-state index contributed by atoms with van der Waals surface area (Å²) in [6.07, 6.45) is 0.256. The number of carbonyl (C=O) groups is 2. The minimum atomic E-state index is -1.35. The van der Waals surface area contributed by atoms with Crippen LogP contribution in [0.1, 0.15) is 42.1 Å². The van der Waals surface area contributed by atoms with Crippen molar-refractivity contribution in [1.29, 1.82) is 0 Å². The highest BCUT2D eigenvalue weighted by Gasteiger charge is 2.44. The second-order valence-electron chi connectivity index (χ2n) is 5.53. The predicted molar refractivity (Wildman–Crippen MR) is 78.8 cm³/mol. The first-order valence-corrected chi connectivity index (χ1v) is 7.16. The van der Waals surface area contributed by atoms with Crippen molar-refractivity contribution in [3.8, 4) is 0 Å². The summed E-state index contributed by atoms with van der Waals surface area (Å²) in [5, 5.41) is 12.4. The Morgan fingerprint density at radius 3 is 2.62 bits per heavy atom. The fraction of sp³-hybridized carbons (Fsp3) is 0.467. The normalized spacial score (nSPS) is 21.5. The van der Waals surface area contributed by atoms with Crippen LogP contribution in [0.25, 0.3) is 0 Å². The Kier molecular flexibility index (Phi) is 4.54. The number of nitrogens with one attached hydrogen (secondary N) is 1. The summed E-state index contributed by atoms with van der Waals surface area (Å²) in [7, 11) is 0. The van der Waals surface area contributed by atoms with E-state index in [9.17, 15) is 14.7 Å². The molecule has 6 heteroatoms. The Bertz CT molecular complexity index is 565. The summed E-state index contributed by atoms with van der Waals surface area (Å²) in [5.74, 6) is -1.29. The number of carbonyl (C=O) groups excluding carboxylic acids is 1. The lowest BCUT2D eigenvalue weighted by molar-refractivity contribution is -0.144. The Hall–Kier alpha value is -1.59. The highest BCUT2D eigenvalue weighted by atomic mass is 35.5. The zero-order valence-corrected chi connectivity index (χ0v) is 12.7. The molecule has 1 aromatic rings. The summed E-state index contributed by atoms with van der Waals surface area (Å²) >= 11 is 6.16. The fourth-order valence-electron chi connectivity index (χ4n) is 2.31. The number of carboxylic acids is 1. The van der Waals surface area contributed by atoms with Gasteiger partial charge in [-0.2, -0.15) is 0 Å². The maximum absolute atomic E-state index is 12.3. The van der Waals surface area contributed by atoms with Gasteiger partial charge < -0.3 is 15.2 Å². The third-order valence-electron chi connectivity index (χ3n) is 3.67. The van der Waals surface area contributed by atoms with E-state index in [4.69, 9.17) is 16.3 Å². The zero-order valence-electron chi connectivity index (χ0n) is 12.0. The molecule has 5 nitrogen and oxygen atoms in total. The molecule has 114 valence electrons. The van der Waals surface area contributed by atoms with E-state index in [0.717, 1.165) is 5.56 Å². The molecule has 1 amide bonds. The quantitative estimate of drug-likeness (QED) is 0.895. The fourth-order valence-corrected chi connectivity index (χ4v) is 2.71. The van der Waals surface area contributed by atoms with Crippen LogP contribution >= 0.6 is 11.6 Å². The first kappa shape index (κ1) is 15.8. The highest BCUT2D eigenvalue weighted by molar-refractivity contribution is 6.31. The van der Waals surface area contributed by atoms with E-state index < -0.39 is 17.4 Å². The second kappa shape index (κ2) is 6.03. The molecule has 1 unspecified atom stereocenters. The molecule has 1 heterocycles. The summed E-state index contributed by atoms with van der Waals surface area (Å²) in [6, 6.07) is 5.01. The molecule has 1 fully saturated rings. The van der Waals surface area contributed by atoms with E-state index >= 15 is 0 Å². The standard InChI is InChI=1S/C15H18ClNO4/c1-9(2)11-4-3-10(7-12(11)16)13(18)17-15(14(19)20)5-6-21-8-15/h3-4,7,9H,5-6,8H2,1-2H3,(H,17,18)(H,19,20). The van der Waals surface area contributed by atoms with Crippen LogP contribution in [-0.2, 0) is 9.53 Å². The van der Waals surface area contributed by atoms with E-state index in [-0.39, 0.29) is 18.9 Å². The third-order valence-corrected chi connectivity index (χ3v) is 4.00. The number of ether oxygens (including phenoxy) is 1. The van der Waals surface area contributed by atoms with Crippen LogP contribution in [0.15, 0.2) is 18.2 Å². The number of amides is 1. The number of aliphatic carboxylic acids is 1. The largest absolute Gasteiger partial charge is 0.479 e. The SMILES string of the molecule is CC(C)c1ccc(C(=O)NC2(C(=O)O)CCOC2)cc1Cl. The van der Waals surface area contributed by atoms with Gasteiger partial charge in [-0.05, 0) is 23.6 Å². The molecule has 2 rings (SSSR count). The number of halogens is 1. The molecular weight excluding hydrogens is 294 g/mol. The maximum atomic E-state index is 12.3. The van der Waals surface area contributed by atoms with Crippen molar-refractivity contribution in [2.45, 2.75) is 31.7 Å². The van der Waals surface area contributed by atoms with E-state index in [1.54, 1.807) is 18.2 Å². The van der Waals surface area contributed by atoms with Gasteiger partial charge >= 0.3 is 5.97 Å². The zero-order chi connectivity index (χ0) is 15.6. The Morgan fingerprint density at radius 2 is 2.14 bits per heavy atom. The topological polar surface area (TPSA) is 75.6 Å². The number of carboxylic acid groups (broad SMARTS) is 1. The molecule has 0 spiro atoms. The molecule has 0 bridgehead atoms. The molecule has 2 N–H and O–H groups in total. The van der Waals surface area contributed by atoms with Crippen LogP contribution in [0.3, 0.4) is 0 Å². The summed E-state index contributed by atoms with van der Waals surface area (Å²) in [6.45, 7) is 4.32. The molecule has 0 aliphatic carbocycles. The van der Waals surface area contributed by atoms with E-state index in [2.05, 4.69) is 5.32 Å². The summed E-state index contributed by atoms with van der Waals surface area (Å²) in [5.41, 5.74) is -0.0532.